The molecule has 1 aromatic rings. The molecule has 0 bridgehead atoms. The molecule has 2 rings (SSSR count). The summed E-state index contributed by atoms with van der Waals surface area (Å²) in [5.74, 6) is -5.61. The van der Waals surface area contributed by atoms with Crippen LogP contribution < -0.4 is 16.2 Å². The van der Waals surface area contributed by atoms with Crippen molar-refractivity contribution in [1.82, 2.24) is 0 Å². The topological polar surface area (TPSA) is 165 Å². The second kappa shape index (κ2) is 7.21. The van der Waals surface area contributed by atoms with Crippen LogP contribution >= 0.6 is 0 Å². The zero-order valence-corrected chi connectivity index (χ0v) is 14.1. The third kappa shape index (κ3) is 3.34. The standard InChI is InChI=1S/C16H17N3O7/c1-3-25-15(21)13(14(17)18)12-9-6-8(19(23)24)4-5-10(9)26-16(22)11(12)7(2)20/h4-6,11-12H,3,17-18H2,1-2H3. The first kappa shape index (κ1) is 18.9. The monoisotopic (exact) mass is 363 g/mol. The molecule has 2 atom stereocenters. The fourth-order valence-corrected chi connectivity index (χ4v) is 2.83. The number of hydrogen-bond donors (Lipinski definition) is 2. The maximum atomic E-state index is 12.4. The summed E-state index contributed by atoms with van der Waals surface area (Å²) < 4.78 is 10.0. The number of ketones is 1. The Morgan fingerprint density at radius 1 is 1.31 bits per heavy atom. The first-order chi connectivity index (χ1) is 12.2. The number of benzene rings is 1. The molecule has 138 valence electrons. The van der Waals surface area contributed by atoms with Crippen molar-refractivity contribution in [1.29, 1.82) is 0 Å². The number of carbonyl (C=O) groups is 3. The minimum Gasteiger partial charge on any atom is -0.463 e. The minimum atomic E-state index is -1.44. The number of rotatable bonds is 5. The first-order valence-electron chi connectivity index (χ1n) is 7.61. The predicted octanol–water partition coefficient (Wildman–Crippen LogP) is 0.495. The second-order valence-corrected chi connectivity index (χ2v) is 5.56. The highest BCUT2D eigenvalue weighted by Gasteiger charge is 2.46. The molecule has 1 aromatic carbocycles. The van der Waals surface area contributed by atoms with Gasteiger partial charge in [-0.25, -0.2) is 4.79 Å². The van der Waals surface area contributed by atoms with Crippen LogP contribution in [0.25, 0.3) is 0 Å². The van der Waals surface area contributed by atoms with Crippen molar-refractivity contribution in [3.63, 3.8) is 0 Å². The first-order valence-corrected chi connectivity index (χ1v) is 7.61. The van der Waals surface area contributed by atoms with Gasteiger partial charge < -0.3 is 20.9 Å². The van der Waals surface area contributed by atoms with E-state index < -0.39 is 40.3 Å². The van der Waals surface area contributed by atoms with Crippen LogP contribution in [-0.4, -0.2) is 29.3 Å². The van der Waals surface area contributed by atoms with E-state index >= 15 is 0 Å². The maximum Gasteiger partial charge on any atom is 0.338 e. The fourth-order valence-electron chi connectivity index (χ4n) is 2.83. The Bertz CT molecular complexity index is 827. The SMILES string of the molecule is CCOC(=O)C(=C(N)N)C1c2cc([N+](=O)[O-])ccc2OC(=O)C1C(C)=O. The smallest absolute Gasteiger partial charge is 0.338 e. The number of esters is 2. The molecule has 0 saturated heterocycles. The van der Waals surface area contributed by atoms with Gasteiger partial charge in [-0.2, -0.15) is 0 Å². The third-order valence-electron chi connectivity index (χ3n) is 3.89. The predicted molar refractivity (Wildman–Crippen MR) is 87.7 cm³/mol. The Morgan fingerprint density at radius 2 is 1.96 bits per heavy atom. The number of nitrogens with two attached hydrogens (primary N) is 2. The van der Waals surface area contributed by atoms with E-state index in [1.165, 1.54) is 6.07 Å². The van der Waals surface area contributed by atoms with Gasteiger partial charge in [0.05, 0.1) is 17.1 Å². The molecule has 2 unspecified atom stereocenters. The van der Waals surface area contributed by atoms with Crippen LogP contribution in [0.5, 0.6) is 5.75 Å². The summed E-state index contributed by atoms with van der Waals surface area (Å²) in [6.07, 6.45) is 0. The minimum absolute atomic E-state index is 0.000682. The Kier molecular flexibility index (Phi) is 5.24. The maximum absolute atomic E-state index is 12.4. The van der Waals surface area contributed by atoms with Gasteiger partial charge in [0.2, 0.25) is 0 Å². The lowest BCUT2D eigenvalue weighted by molar-refractivity contribution is -0.385. The quantitative estimate of drug-likeness (QED) is 0.189. The molecule has 0 saturated carbocycles. The zero-order chi connectivity index (χ0) is 19.6. The van der Waals surface area contributed by atoms with Gasteiger partial charge in [-0.1, -0.05) is 0 Å². The van der Waals surface area contributed by atoms with Gasteiger partial charge in [0, 0.05) is 23.6 Å². The summed E-state index contributed by atoms with van der Waals surface area (Å²) in [7, 11) is 0. The number of nitro benzene ring substituents is 1. The average molecular weight is 363 g/mol. The molecular formula is C16H17N3O7. The number of carbonyl (C=O) groups excluding carboxylic acids is 3. The van der Waals surface area contributed by atoms with Gasteiger partial charge in [0.15, 0.2) is 0 Å². The molecule has 26 heavy (non-hydrogen) atoms. The van der Waals surface area contributed by atoms with Crippen molar-refractivity contribution in [2.24, 2.45) is 17.4 Å². The van der Waals surface area contributed by atoms with E-state index in [0.717, 1.165) is 19.1 Å². The number of nitro groups is 1. The van der Waals surface area contributed by atoms with Crippen LogP contribution in [0.2, 0.25) is 0 Å². The van der Waals surface area contributed by atoms with Crippen LogP contribution in [0.4, 0.5) is 5.69 Å². The molecule has 4 N–H and O–H groups in total. The van der Waals surface area contributed by atoms with Gasteiger partial charge >= 0.3 is 11.9 Å². The third-order valence-corrected chi connectivity index (χ3v) is 3.89. The van der Waals surface area contributed by atoms with Crippen LogP contribution in [0.1, 0.15) is 25.3 Å². The van der Waals surface area contributed by atoms with Gasteiger partial charge in [-0.15, -0.1) is 0 Å². The number of Topliss-reactive ketones (excluding diaryl/α,β-unsaturated/α-hetero) is 1. The number of non-ortho nitro benzene ring substituents is 1. The van der Waals surface area contributed by atoms with Crippen molar-refractivity contribution < 1.29 is 28.8 Å². The lowest BCUT2D eigenvalue weighted by Crippen LogP contribution is -2.40. The van der Waals surface area contributed by atoms with E-state index in [4.69, 9.17) is 20.9 Å². The Labute approximate surface area is 147 Å². The van der Waals surface area contributed by atoms with Gasteiger partial charge in [-0.05, 0) is 19.9 Å². The average Bonchev–Trinajstić information content (AvgIpc) is 2.53. The molecule has 0 radical (unpaired) electrons. The molecular weight excluding hydrogens is 346 g/mol. The van der Waals surface area contributed by atoms with Crippen LogP contribution in [0.15, 0.2) is 29.6 Å². The van der Waals surface area contributed by atoms with E-state index in [2.05, 4.69) is 0 Å². The van der Waals surface area contributed by atoms with E-state index in [1.807, 2.05) is 0 Å². The number of nitrogens with zero attached hydrogens (tertiary/aromatic N) is 1. The highest BCUT2D eigenvalue weighted by atomic mass is 16.6. The van der Waals surface area contributed by atoms with Crippen molar-refractivity contribution >= 4 is 23.4 Å². The van der Waals surface area contributed by atoms with E-state index in [0.29, 0.717) is 0 Å². The number of hydrogen-bond acceptors (Lipinski definition) is 9. The normalized spacial score (nSPS) is 18.3. The van der Waals surface area contributed by atoms with Crippen molar-refractivity contribution in [3.8, 4) is 5.75 Å². The lowest BCUT2D eigenvalue weighted by atomic mass is 9.76. The number of fused-ring (bicyclic) bond motifs is 1. The Balaban J connectivity index is 2.76. The molecule has 10 nitrogen and oxygen atoms in total. The summed E-state index contributed by atoms with van der Waals surface area (Å²) in [6.45, 7) is 2.69. The van der Waals surface area contributed by atoms with Crippen molar-refractivity contribution in [2.45, 2.75) is 19.8 Å². The van der Waals surface area contributed by atoms with Gasteiger partial charge in [0.1, 0.15) is 23.3 Å². The summed E-state index contributed by atoms with van der Waals surface area (Å²) in [6, 6.07) is 3.46. The molecule has 1 aliphatic rings. The van der Waals surface area contributed by atoms with Crippen molar-refractivity contribution in [3.05, 3.63) is 45.3 Å². The molecule has 10 heteroatoms. The highest BCUT2D eigenvalue weighted by molar-refractivity contribution is 6.04. The van der Waals surface area contributed by atoms with E-state index in [1.54, 1.807) is 6.92 Å². The summed E-state index contributed by atoms with van der Waals surface area (Å²) in [5, 5.41) is 11.1. The molecule has 0 fully saturated rings. The largest absolute Gasteiger partial charge is 0.463 e. The summed E-state index contributed by atoms with van der Waals surface area (Å²) in [5.41, 5.74) is 10.7. The van der Waals surface area contributed by atoms with E-state index in [9.17, 15) is 24.5 Å². The molecule has 0 amide bonds. The highest BCUT2D eigenvalue weighted by Crippen LogP contribution is 2.44. The lowest BCUT2D eigenvalue weighted by Gasteiger charge is -2.31. The summed E-state index contributed by atoms with van der Waals surface area (Å²) in [4.78, 5) is 47.2. The van der Waals surface area contributed by atoms with Gasteiger partial charge in [0.25, 0.3) is 5.69 Å². The fraction of sp³-hybridized carbons (Fsp3) is 0.312. The number of ether oxygens (including phenoxy) is 2. The molecule has 1 heterocycles. The molecule has 0 aromatic heterocycles. The molecule has 0 aliphatic carbocycles. The van der Waals surface area contributed by atoms with Crippen LogP contribution in [0, 0.1) is 16.0 Å². The zero-order valence-electron chi connectivity index (χ0n) is 14.1. The summed E-state index contributed by atoms with van der Waals surface area (Å²) >= 11 is 0. The van der Waals surface area contributed by atoms with E-state index in [-0.39, 0.29) is 29.2 Å². The second-order valence-electron chi connectivity index (χ2n) is 5.56. The van der Waals surface area contributed by atoms with Crippen molar-refractivity contribution in [2.75, 3.05) is 6.61 Å². The Hall–Kier alpha value is -3.43. The molecule has 0 spiro atoms. The van der Waals surface area contributed by atoms with Gasteiger partial charge in [-0.3, -0.25) is 19.7 Å². The molecule has 1 aliphatic heterocycles. The van der Waals surface area contributed by atoms with Crippen LogP contribution in [0.3, 0.4) is 0 Å². The Morgan fingerprint density at radius 3 is 2.46 bits per heavy atom. The van der Waals surface area contributed by atoms with Crippen LogP contribution in [-0.2, 0) is 19.1 Å².